The topological polar surface area (TPSA) is 55.3 Å². The minimum Gasteiger partial charge on any atom is -0.458 e. The van der Waals surface area contributed by atoms with E-state index in [-0.39, 0.29) is 12.0 Å². The zero-order valence-electron chi connectivity index (χ0n) is 12.1. The molecular formula is C15H21N3O2. The second kappa shape index (κ2) is 6.50. The highest BCUT2D eigenvalue weighted by Crippen LogP contribution is 2.17. The molecule has 1 saturated heterocycles. The molecule has 1 amide bonds. The Bertz CT molecular complexity index is 482. The summed E-state index contributed by atoms with van der Waals surface area (Å²) < 4.78 is 5.79. The molecule has 0 bridgehead atoms. The Morgan fingerprint density at radius 2 is 2.20 bits per heavy atom. The maximum Gasteiger partial charge on any atom is 0.317 e. The van der Waals surface area contributed by atoms with Crippen molar-refractivity contribution in [2.75, 3.05) is 13.1 Å². The van der Waals surface area contributed by atoms with Gasteiger partial charge in [0, 0.05) is 30.8 Å². The average Bonchev–Trinajstić information content (AvgIpc) is 2.83. The molecular weight excluding hydrogens is 254 g/mol. The molecule has 0 N–H and O–H groups in total. The first kappa shape index (κ1) is 14.5. The van der Waals surface area contributed by atoms with Crippen molar-refractivity contribution in [1.82, 2.24) is 14.9 Å². The molecule has 5 nitrogen and oxygen atoms in total. The first-order valence-corrected chi connectivity index (χ1v) is 6.96. The minimum absolute atomic E-state index is 0.0103. The molecule has 2 rings (SSSR count). The highest BCUT2D eigenvalue weighted by molar-refractivity contribution is 5.76. The SMILES string of the molecule is C=CCCC(=O)N1CC[C@@H](Oc2nc(C)cc(C)n2)C1. The van der Waals surface area contributed by atoms with Gasteiger partial charge in [-0.2, -0.15) is 0 Å². The number of nitrogens with zero attached hydrogens (tertiary/aromatic N) is 3. The van der Waals surface area contributed by atoms with Crippen molar-refractivity contribution < 1.29 is 9.53 Å². The van der Waals surface area contributed by atoms with Gasteiger partial charge < -0.3 is 9.64 Å². The van der Waals surface area contributed by atoms with E-state index in [0.717, 1.165) is 30.8 Å². The fraction of sp³-hybridized carbons (Fsp3) is 0.533. The second-order valence-corrected chi connectivity index (χ2v) is 5.13. The number of carbonyl (C=O) groups excluding carboxylic acids is 1. The summed E-state index contributed by atoms with van der Waals surface area (Å²) in [6, 6.07) is 2.32. The monoisotopic (exact) mass is 275 g/mol. The summed E-state index contributed by atoms with van der Waals surface area (Å²) in [4.78, 5) is 22.3. The number of aryl methyl sites for hydroxylation is 2. The molecule has 108 valence electrons. The highest BCUT2D eigenvalue weighted by atomic mass is 16.5. The lowest BCUT2D eigenvalue weighted by atomic mass is 10.3. The normalized spacial score (nSPS) is 18.1. The summed E-state index contributed by atoms with van der Waals surface area (Å²) in [6.07, 6.45) is 3.84. The molecule has 20 heavy (non-hydrogen) atoms. The van der Waals surface area contributed by atoms with Crippen LogP contribution in [0.25, 0.3) is 0 Å². The van der Waals surface area contributed by atoms with Crippen LogP contribution in [0.2, 0.25) is 0 Å². The number of rotatable bonds is 5. The smallest absolute Gasteiger partial charge is 0.317 e. The van der Waals surface area contributed by atoms with Gasteiger partial charge in [0.05, 0.1) is 6.54 Å². The Morgan fingerprint density at radius 1 is 1.50 bits per heavy atom. The standard InChI is InChI=1S/C15H21N3O2/c1-4-5-6-14(19)18-8-7-13(10-18)20-15-16-11(2)9-12(3)17-15/h4,9,13H,1,5-8,10H2,2-3H3/t13-/m1/s1. The van der Waals surface area contributed by atoms with Crippen LogP contribution in [-0.2, 0) is 4.79 Å². The summed E-state index contributed by atoms with van der Waals surface area (Å²) in [5.41, 5.74) is 1.79. The van der Waals surface area contributed by atoms with Crippen molar-refractivity contribution in [2.45, 2.75) is 39.2 Å². The zero-order valence-corrected chi connectivity index (χ0v) is 12.1. The van der Waals surface area contributed by atoms with Crippen LogP contribution in [0.3, 0.4) is 0 Å². The molecule has 1 aromatic heterocycles. The highest BCUT2D eigenvalue weighted by Gasteiger charge is 2.27. The van der Waals surface area contributed by atoms with Gasteiger partial charge in [0.2, 0.25) is 5.91 Å². The van der Waals surface area contributed by atoms with Gasteiger partial charge in [0.1, 0.15) is 6.10 Å². The first-order valence-electron chi connectivity index (χ1n) is 6.96. The summed E-state index contributed by atoms with van der Waals surface area (Å²) >= 11 is 0. The number of amides is 1. The minimum atomic E-state index is -0.0103. The van der Waals surface area contributed by atoms with E-state index < -0.39 is 0 Å². The van der Waals surface area contributed by atoms with Crippen LogP contribution >= 0.6 is 0 Å². The molecule has 0 aromatic carbocycles. The Kier molecular flexibility index (Phi) is 4.71. The lowest BCUT2D eigenvalue weighted by Gasteiger charge is -2.16. The van der Waals surface area contributed by atoms with E-state index in [9.17, 15) is 4.79 Å². The summed E-state index contributed by atoms with van der Waals surface area (Å²) in [7, 11) is 0. The molecule has 5 heteroatoms. The van der Waals surface area contributed by atoms with Crippen molar-refractivity contribution in [3.05, 3.63) is 30.1 Å². The Morgan fingerprint density at radius 3 is 2.85 bits per heavy atom. The van der Waals surface area contributed by atoms with Crippen molar-refractivity contribution in [1.29, 1.82) is 0 Å². The molecule has 0 spiro atoms. The largest absolute Gasteiger partial charge is 0.458 e. The van der Waals surface area contributed by atoms with Gasteiger partial charge in [-0.3, -0.25) is 4.79 Å². The van der Waals surface area contributed by atoms with E-state index in [2.05, 4.69) is 16.5 Å². The molecule has 1 aliphatic rings. The Hall–Kier alpha value is -1.91. The summed E-state index contributed by atoms with van der Waals surface area (Å²) in [6.45, 7) is 8.83. The van der Waals surface area contributed by atoms with Crippen molar-refractivity contribution in [3.8, 4) is 6.01 Å². The Labute approximate surface area is 119 Å². The van der Waals surface area contributed by atoms with E-state index in [1.165, 1.54) is 0 Å². The summed E-state index contributed by atoms with van der Waals surface area (Å²) in [5, 5.41) is 0. The molecule has 1 aliphatic heterocycles. The molecule has 0 aliphatic carbocycles. The maximum atomic E-state index is 11.9. The van der Waals surface area contributed by atoms with E-state index in [1.54, 1.807) is 6.08 Å². The molecule has 2 heterocycles. The third kappa shape index (κ3) is 3.79. The number of aromatic nitrogens is 2. The lowest BCUT2D eigenvalue weighted by Crippen LogP contribution is -2.30. The lowest BCUT2D eigenvalue weighted by molar-refractivity contribution is -0.130. The van der Waals surface area contributed by atoms with Crippen LogP contribution in [0.4, 0.5) is 0 Å². The quantitative estimate of drug-likeness (QED) is 0.772. The van der Waals surface area contributed by atoms with Crippen molar-refractivity contribution >= 4 is 5.91 Å². The summed E-state index contributed by atoms with van der Waals surface area (Å²) in [5.74, 6) is 0.164. The van der Waals surface area contributed by atoms with Gasteiger partial charge in [-0.1, -0.05) is 6.08 Å². The molecule has 0 unspecified atom stereocenters. The van der Waals surface area contributed by atoms with Gasteiger partial charge >= 0.3 is 6.01 Å². The number of carbonyl (C=O) groups is 1. The molecule has 1 atom stereocenters. The van der Waals surface area contributed by atoms with Crippen molar-refractivity contribution in [2.24, 2.45) is 0 Å². The zero-order chi connectivity index (χ0) is 14.5. The van der Waals surface area contributed by atoms with E-state index in [4.69, 9.17) is 4.74 Å². The van der Waals surface area contributed by atoms with Gasteiger partial charge in [0.25, 0.3) is 0 Å². The van der Waals surface area contributed by atoms with Gasteiger partial charge in [-0.05, 0) is 26.3 Å². The molecule has 0 saturated carbocycles. The van der Waals surface area contributed by atoms with Crippen LogP contribution in [0, 0.1) is 13.8 Å². The number of hydrogen-bond acceptors (Lipinski definition) is 4. The predicted octanol–water partition coefficient (Wildman–Crippen LogP) is 2.04. The van der Waals surface area contributed by atoms with Crippen molar-refractivity contribution in [3.63, 3.8) is 0 Å². The van der Waals surface area contributed by atoms with Crippen LogP contribution in [0.15, 0.2) is 18.7 Å². The van der Waals surface area contributed by atoms with Crippen LogP contribution in [0.1, 0.15) is 30.7 Å². The number of hydrogen-bond donors (Lipinski definition) is 0. The maximum absolute atomic E-state index is 11.9. The van der Waals surface area contributed by atoms with Gasteiger partial charge in [0.15, 0.2) is 0 Å². The van der Waals surface area contributed by atoms with Crippen LogP contribution in [0.5, 0.6) is 6.01 Å². The number of allylic oxidation sites excluding steroid dienone is 1. The fourth-order valence-electron chi connectivity index (χ4n) is 2.33. The third-order valence-electron chi connectivity index (χ3n) is 3.29. The van der Waals surface area contributed by atoms with Crippen LogP contribution in [-0.4, -0.2) is 40.0 Å². The van der Waals surface area contributed by atoms with Crippen LogP contribution < -0.4 is 4.74 Å². The number of likely N-dealkylation sites (tertiary alicyclic amines) is 1. The Balaban J connectivity index is 1.89. The molecule has 1 aromatic rings. The molecule has 1 fully saturated rings. The number of ether oxygens (including phenoxy) is 1. The van der Waals surface area contributed by atoms with E-state index >= 15 is 0 Å². The fourth-order valence-corrected chi connectivity index (χ4v) is 2.33. The van der Waals surface area contributed by atoms with Gasteiger partial charge in [-0.15, -0.1) is 6.58 Å². The average molecular weight is 275 g/mol. The second-order valence-electron chi connectivity index (χ2n) is 5.13. The van der Waals surface area contributed by atoms with Gasteiger partial charge in [-0.25, -0.2) is 9.97 Å². The predicted molar refractivity (Wildman–Crippen MR) is 76.6 cm³/mol. The van der Waals surface area contributed by atoms with E-state index in [0.29, 0.717) is 19.0 Å². The van der Waals surface area contributed by atoms with E-state index in [1.807, 2.05) is 24.8 Å². The first-order chi connectivity index (χ1) is 9.58. The third-order valence-corrected chi connectivity index (χ3v) is 3.29. The molecule has 0 radical (unpaired) electrons.